The topological polar surface area (TPSA) is 9.23 Å². The number of hydrogen-bond acceptors (Lipinski definition) is 1. The summed E-state index contributed by atoms with van der Waals surface area (Å²) in [7, 11) is 1.74. The van der Waals surface area contributed by atoms with Crippen molar-refractivity contribution in [3.63, 3.8) is 0 Å². The molecule has 0 unspecified atom stereocenters. The van der Waals surface area contributed by atoms with Crippen molar-refractivity contribution < 1.29 is 4.74 Å². The minimum atomic E-state index is -0.336. The van der Waals surface area contributed by atoms with Crippen LogP contribution in [0.2, 0.25) is 0 Å². The Morgan fingerprint density at radius 2 is 0.846 bits per heavy atom. The van der Waals surface area contributed by atoms with Gasteiger partial charge in [0.2, 0.25) is 0 Å². The highest BCUT2D eigenvalue weighted by atomic mass is 16.5. The molecule has 1 heteroatoms. The maximum absolute atomic E-state index is 5.65. The first kappa shape index (κ1) is 21.1. The van der Waals surface area contributed by atoms with Crippen molar-refractivity contribution in [2.75, 3.05) is 7.11 Å². The summed E-state index contributed by atoms with van der Waals surface area (Å²) in [5, 5.41) is 7.62. The predicted octanol–water partition coefficient (Wildman–Crippen LogP) is 9.50. The summed E-state index contributed by atoms with van der Waals surface area (Å²) in [6.07, 6.45) is 0. The third-order valence-corrected chi connectivity index (χ3v) is 9.16. The van der Waals surface area contributed by atoms with Crippen molar-refractivity contribution in [2.24, 2.45) is 0 Å². The van der Waals surface area contributed by atoms with E-state index in [-0.39, 0.29) is 5.41 Å². The average molecular weight is 497 g/mol. The van der Waals surface area contributed by atoms with Crippen LogP contribution >= 0.6 is 0 Å². The van der Waals surface area contributed by atoms with Gasteiger partial charge in [-0.05, 0) is 101 Å². The summed E-state index contributed by atoms with van der Waals surface area (Å²) in [5.74, 6) is 0.885. The van der Waals surface area contributed by atoms with E-state index in [0.717, 1.165) is 5.75 Å². The van der Waals surface area contributed by atoms with Crippen LogP contribution < -0.4 is 4.74 Å². The summed E-state index contributed by atoms with van der Waals surface area (Å²) in [4.78, 5) is 0. The second kappa shape index (κ2) is 7.36. The fourth-order valence-corrected chi connectivity index (χ4v) is 7.64. The van der Waals surface area contributed by atoms with E-state index in [1.165, 1.54) is 76.8 Å². The molecule has 0 N–H and O–H groups in total. The van der Waals surface area contributed by atoms with E-state index in [9.17, 15) is 0 Å². The van der Waals surface area contributed by atoms with Crippen LogP contribution in [0.1, 0.15) is 22.3 Å². The molecule has 0 fully saturated rings. The smallest absolute Gasteiger partial charge is 0.119 e. The maximum Gasteiger partial charge on any atom is 0.119 e. The second-order valence-electron chi connectivity index (χ2n) is 10.8. The Balaban J connectivity index is 1.52. The van der Waals surface area contributed by atoms with Crippen LogP contribution in [-0.4, -0.2) is 7.11 Å². The summed E-state index contributed by atoms with van der Waals surface area (Å²) in [5.41, 5.74) is 10.5. The molecule has 0 saturated carbocycles. The van der Waals surface area contributed by atoms with E-state index in [1.54, 1.807) is 7.11 Å². The zero-order valence-corrected chi connectivity index (χ0v) is 21.5. The molecule has 0 saturated heterocycles. The second-order valence-corrected chi connectivity index (χ2v) is 10.8. The van der Waals surface area contributed by atoms with Gasteiger partial charge in [0.15, 0.2) is 0 Å². The Bertz CT molecular complexity index is 2120. The lowest BCUT2D eigenvalue weighted by molar-refractivity contribution is 0.415. The molecule has 1 nitrogen and oxygen atoms in total. The molecule has 0 aromatic heterocycles. The van der Waals surface area contributed by atoms with Crippen molar-refractivity contribution in [1.82, 2.24) is 0 Å². The maximum atomic E-state index is 5.65. The summed E-state index contributed by atoms with van der Waals surface area (Å²) in [6.45, 7) is 0. The SMILES string of the molecule is COc1ccc2c(c1)c1ccccc1c1cc3c(cc21)C1(c2ccccc2-c2ccccc21)c1ccccc1-3. The van der Waals surface area contributed by atoms with E-state index >= 15 is 0 Å². The van der Waals surface area contributed by atoms with Gasteiger partial charge in [-0.15, -0.1) is 0 Å². The molecule has 2 aliphatic rings. The van der Waals surface area contributed by atoms with Crippen LogP contribution in [0, 0.1) is 0 Å². The largest absolute Gasteiger partial charge is 0.497 e. The lowest BCUT2D eigenvalue weighted by atomic mass is 9.70. The Labute approximate surface area is 226 Å². The van der Waals surface area contributed by atoms with Crippen LogP contribution in [0.4, 0.5) is 0 Å². The Kier molecular flexibility index (Phi) is 3.98. The monoisotopic (exact) mass is 496 g/mol. The normalized spacial score (nSPS) is 14.0. The molecule has 2 aliphatic carbocycles. The number of rotatable bonds is 1. The molecular weight excluding hydrogens is 472 g/mol. The molecule has 0 radical (unpaired) electrons. The molecule has 39 heavy (non-hydrogen) atoms. The molecule has 182 valence electrons. The number of ether oxygens (including phenoxy) is 1. The van der Waals surface area contributed by atoms with Gasteiger partial charge in [-0.1, -0.05) is 103 Å². The fraction of sp³-hybridized carbons (Fsp3) is 0.0526. The van der Waals surface area contributed by atoms with Gasteiger partial charge >= 0.3 is 0 Å². The average Bonchev–Trinajstić information content (AvgIpc) is 3.47. The first-order valence-electron chi connectivity index (χ1n) is 13.6. The third-order valence-electron chi connectivity index (χ3n) is 9.16. The molecule has 9 rings (SSSR count). The van der Waals surface area contributed by atoms with Crippen LogP contribution in [0.25, 0.3) is 54.6 Å². The number of benzene rings is 7. The standard InChI is InChI=1S/C38H24O/c1-39-23-18-19-26-30(20-23)24-10-2-3-11-25(24)31-21-33-29-14-6-9-17-36(29)38(37(33)22-32(26)31)34-15-7-4-12-27(34)28-13-5-8-16-35(28)38/h2-22H,1H3. The highest BCUT2D eigenvalue weighted by molar-refractivity contribution is 6.26. The molecule has 0 amide bonds. The lowest BCUT2D eigenvalue weighted by Crippen LogP contribution is -2.25. The molecular formula is C38H24O. The van der Waals surface area contributed by atoms with Gasteiger partial charge in [0.05, 0.1) is 12.5 Å². The minimum Gasteiger partial charge on any atom is -0.497 e. The van der Waals surface area contributed by atoms with Crippen LogP contribution in [0.3, 0.4) is 0 Å². The Hall–Kier alpha value is -4.88. The van der Waals surface area contributed by atoms with Crippen molar-refractivity contribution in [3.05, 3.63) is 150 Å². The van der Waals surface area contributed by atoms with E-state index in [4.69, 9.17) is 4.74 Å². The fourth-order valence-electron chi connectivity index (χ4n) is 7.64. The van der Waals surface area contributed by atoms with E-state index < -0.39 is 0 Å². The van der Waals surface area contributed by atoms with Crippen molar-refractivity contribution in [2.45, 2.75) is 5.41 Å². The van der Waals surface area contributed by atoms with Crippen molar-refractivity contribution in [1.29, 1.82) is 0 Å². The van der Waals surface area contributed by atoms with Crippen LogP contribution in [-0.2, 0) is 5.41 Å². The molecule has 0 atom stereocenters. The Morgan fingerprint density at radius 3 is 1.44 bits per heavy atom. The molecule has 0 aliphatic heterocycles. The molecule has 7 aromatic carbocycles. The van der Waals surface area contributed by atoms with Crippen LogP contribution in [0.5, 0.6) is 5.75 Å². The van der Waals surface area contributed by atoms with Gasteiger partial charge in [0, 0.05) is 0 Å². The molecule has 0 bridgehead atoms. The van der Waals surface area contributed by atoms with Crippen molar-refractivity contribution >= 4 is 32.3 Å². The summed E-state index contributed by atoms with van der Waals surface area (Å²) >= 11 is 0. The first-order chi connectivity index (χ1) is 19.3. The van der Waals surface area contributed by atoms with Gasteiger partial charge < -0.3 is 4.74 Å². The molecule has 1 spiro atoms. The predicted molar refractivity (Wildman–Crippen MR) is 162 cm³/mol. The highest BCUT2D eigenvalue weighted by Gasteiger charge is 2.51. The van der Waals surface area contributed by atoms with Gasteiger partial charge in [0.25, 0.3) is 0 Å². The molecule has 7 aromatic rings. The first-order valence-corrected chi connectivity index (χ1v) is 13.6. The van der Waals surface area contributed by atoms with Crippen LogP contribution in [0.15, 0.2) is 127 Å². The number of fused-ring (bicyclic) bond motifs is 16. The van der Waals surface area contributed by atoms with E-state index in [2.05, 4.69) is 127 Å². The van der Waals surface area contributed by atoms with Gasteiger partial charge in [-0.2, -0.15) is 0 Å². The van der Waals surface area contributed by atoms with Gasteiger partial charge in [-0.3, -0.25) is 0 Å². The van der Waals surface area contributed by atoms with Crippen molar-refractivity contribution in [3.8, 4) is 28.0 Å². The van der Waals surface area contributed by atoms with E-state index in [0.29, 0.717) is 0 Å². The third kappa shape index (κ3) is 2.46. The highest BCUT2D eigenvalue weighted by Crippen LogP contribution is 2.63. The quantitative estimate of drug-likeness (QED) is 0.206. The zero-order valence-electron chi connectivity index (χ0n) is 21.5. The molecule has 0 heterocycles. The minimum absolute atomic E-state index is 0.336. The summed E-state index contributed by atoms with van der Waals surface area (Å²) in [6, 6.07) is 47.3. The van der Waals surface area contributed by atoms with Gasteiger partial charge in [-0.25, -0.2) is 0 Å². The number of methoxy groups -OCH3 is 1. The van der Waals surface area contributed by atoms with E-state index in [1.807, 2.05) is 0 Å². The van der Waals surface area contributed by atoms with Gasteiger partial charge in [0.1, 0.15) is 5.75 Å². The zero-order chi connectivity index (χ0) is 25.7. The number of hydrogen-bond donors (Lipinski definition) is 0. The summed E-state index contributed by atoms with van der Waals surface area (Å²) < 4.78 is 5.65. The Morgan fingerprint density at radius 1 is 0.385 bits per heavy atom. The lowest BCUT2D eigenvalue weighted by Gasteiger charge is -2.30.